The summed E-state index contributed by atoms with van der Waals surface area (Å²) >= 11 is 0. The summed E-state index contributed by atoms with van der Waals surface area (Å²) in [6.45, 7) is 3.66. The van der Waals surface area contributed by atoms with Crippen LogP contribution in [0.1, 0.15) is 24.2 Å². The molecule has 0 bridgehead atoms. The second-order valence-corrected chi connectivity index (χ2v) is 5.01. The molecule has 2 amide bonds. The Morgan fingerprint density at radius 1 is 1.25 bits per heavy atom. The topological polar surface area (TPSA) is 85.1 Å². The SMILES string of the molecule is CC(C)[C@@H](NC(=O)c1cnc2ccccc2c1)C(N)=O. The number of hydrogen-bond acceptors (Lipinski definition) is 3. The summed E-state index contributed by atoms with van der Waals surface area (Å²) in [5.41, 5.74) is 6.52. The van der Waals surface area contributed by atoms with E-state index in [1.54, 1.807) is 6.07 Å². The van der Waals surface area contributed by atoms with E-state index in [2.05, 4.69) is 10.3 Å². The fourth-order valence-corrected chi connectivity index (χ4v) is 1.99. The first-order valence-electron chi connectivity index (χ1n) is 6.44. The Balaban J connectivity index is 2.24. The number of pyridine rings is 1. The van der Waals surface area contributed by atoms with Crippen LogP contribution < -0.4 is 11.1 Å². The van der Waals surface area contributed by atoms with Crippen LogP contribution in [0.4, 0.5) is 0 Å². The Morgan fingerprint density at radius 3 is 2.60 bits per heavy atom. The van der Waals surface area contributed by atoms with Gasteiger partial charge in [-0.2, -0.15) is 0 Å². The minimum absolute atomic E-state index is 0.0649. The maximum Gasteiger partial charge on any atom is 0.253 e. The highest BCUT2D eigenvalue weighted by atomic mass is 16.2. The summed E-state index contributed by atoms with van der Waals surface area (Å²) in [7, 11) is 0. The zero-order valence-electron chi connectivity index (χ0n) is 11.5. The van der Waals surface area contributed by atoms with Gasteiger partial charge >= 0.3 is 0 Å². The number of para-hydroxylation sites is 1. The standard InChI is InChI=1S/C15H17N3O2/c1-9(2)13(14(16)19)18-15(20)11-7-10-5-3-4-6-12(10)17-8-11/h3-9,13H,1-2H3,(H2,16,19)(H,18,20)/t13-/m1/s1. The third-order valence-electron chi connectivity index (χ3n) is 3.11. The van der Waals surface area contributed by atoms with Crippen LogP contribution in [0.15, 0.2) is 36.5 Å². The van der Waals surface area contributed by atoms with Crippen LogP contribution in [-0.4, -0.2) is 22.8 Å². The molecule has 0 saturated heterocycles. The second kappa shape index (κ2) is 5.69. The molecule has 104 valence electrons. The first-order chi connectivity index (χ1) is 9.49. The van der Waals surface area contributed by atoms with Crippen molar-refractivity contribution in [3.8, 4) is 0 Å². The second-order valence-electron chi connectivity index (χ2n) is 5.01. The molecule has 0 saturated carbocycles. The predicted molar refractivity (Wildman–Crippen MR) is 77.0 cm³/mol. The molecule has 2 rings (SSSR count). The number of nitrogens with zero attached hydrogens (tertiary/aromatic N) is 1. The molecule has 5 heteroatoms. The molecule has 1 aromatic carbocycles. The van der Waals surface area contributed by atoms with Gasteiger partial charge in [-0.1, -0.05) is 32.0 Å². The van der Waals surface area contributed by atoms with Crippen molar-refractivity contribution in [3.63, 3.8) is 0 Å². The summed E-state index contributed by atoms with van der Waals surface area (Å²) in [4.78, 5) is 27.7. The average molecular weight is 271 g/mol. The van der Waals surface area contributed by atoms with Gasteiger partial charge in [0.2, 0.25) is 5.91 Å². The van der Waals surface area contributed by atoms with Crippen molar-refractivity contribution in [1.29, 1.82) is 0 Å². The molecule has 20 heavy (non-hydrogen) atoms. The molecule has 0 fully saturated rings. The highest BCUT2D eigenvalue weighted by molar-refractivity contribution is 5.99. The molecule has 0 aliphatic heterocycles. The Hall–Kier alpha value is -2.43. The Morgan fingerprint density at radius 2 is 1.95 bits per heavy atom. The number of carbonyl (C=O) groups excluding carboxylic acids is 2. The number of aromatic nitrogens is 1. The van der Waals surface area contributed by atoms with Crippen LogP contribution in [-0.2, 0) is 4.79 Å². The Kier molecular flexibility index (Phi) is 3.98. The number of carbonyl (C=O) groups is 2. The van der Waals surface area contributed by atoms with Gasteiger partial charge in [0.05, 0.1) is 11.1 Å². The minimum atomic E-state index is -0.686. The Labute approximate surface area is 117 Å². The number of nitrogens with one attached hydrogen (secondary N) is 1. The summed E-state index contributed by atoms with van der Waals surface area (Å²) in [5.74, 6) is -0.951. The molecule has 1 aromatic heterocycles. The number of primary amides is 1. The lowest BCUT2D eigenvalue weighted by atomic mass is 10.0. The summed E-state index contributed by atoms with van der Waals surface area (Å²) in [6, 6.07) is 8.58. The van der Waals surface area contributed by atoms with Gasteiger partial charge in [-0.05, 0) is 18.1 Å². The lowest BCUT2D eigenvalue weighted by Gasteiger charge is -2.18. The van der Waals surface area contributed by atoms with E-state index in [1.807, 2.05) is 38.1 Å². The molecular weight excluding hydrogens is 254 g/mol. The molecule has 1 atom stereocenters. The van der Waals surface area contributed by atoms with Crippen molar-refractivity contribution in [2.45, 2.75) is 19.9 Å². The third kappa shape index (κ3) is 2.93. The fraction of sp³-hybridized carbons (Fsp3) is 0.267. The largest absolute Gasteiger partial charge is 0.368 e. The van der Waals surface area contributed by atoms with Crippen molar-refractivity contribution in [2.24, 2.45) is 11.7 Å². The van der Waals surface area contributed by atoms with E-state index in [9.17, 15) is 9.59 Å². The monoisotopic (exact) mass is 271 g/mol. The van der Waals surface area contributed by atoms with E-state index in [4.69, 9.17) is 5.73 Å². The molecule has 5 nitrogen and oxygen atoms in total. The number of benzene rings is 1. The van der Waals surface area contributed by atoms with Gasteiger partial charge in [-0.3, -0.25) is 14.6 Å². The van der Waals surface area contributed by atoms with Crippen LogP contribution in [0.2, 0.25) is 0 Å². The molecule has 1 heterocycles. The maximum absolute atomic E-state index is 12.1. The minimum Gasteiger partial charge on any atom is -0.368 e. The Bertz CT molecular complexity index is 652. The molecule has 0 radical (unpaired) electrons. The van der Waals surface area contributed by atoms with E-state index in [0.717, 1.165) is 10.9 Å². The van der Waals surface area contributed by atoms with Crippen molar-refractivity contribution in [3.05, 3.63) is 42.1 Å². The van der Waals surface area contributed by atoms with Gasteiger partial charge in [0.15, 0.2) is 0 Å². The maximum atomic E-state index is 12.1. The third-order valence-corrected chi connectivity index (χ3v) is 3.11. The van der Waals surface area contributed by atoms with Gasteiger partial charge in [0, 0.05) is 11.6 Å². The number of fused-ring (bicyclic) bond motifs is 1. The smallest absolute Gasteiger partial charge is 0.253 e. The molecule has 3 N–H and O–H groups in total. The fourth-order valence-electron chi connectivity index (χ4n) is 1.99. The number of amides is 2. The summed E-state index contributed by atoms with van der Waals surface area (Å²) in [5, 5.41) is 3.52. The van der Waals surface area contributed by atoms with E-state index in [0.29, 0.717) is 5.56 Å². The molecule has 0 spiro atoms. The average Bonchev–Trinajstić information content (AvgIpc) is 2.43. The predicted octanol–water partition coefficient (Wildman–Crippen LogP) is 1.47. The van der Waals surface area contributed by atoms with Gasteiger partial charge in [0.25, 0.3) is 5.91 Å². The molecule has 0 aliphatic rings. The van der Waals surface area contributed by atoms with Gasteiger partial charge in [-0.15, -0.1) is 0 Å². The highest BCUT2D eigenvalue weighted by Gasteiger charge is 2.22. The van der Waals surface area contributed by atoms with Crippen LogP contribution in [0.5, 0.6) is 0 Å². The molecule has 0 unspecified atom stereocenters. The van der Waals surface area contributed by atoms with Crippen molar-refractivity contribution < 1.29 is 9.59 Å². The van der Waals surface area contributed by atoms with E-state index >= 15 is 0 Å². The first kappa shape index (κ1) is 14.0. The normalized spacial score (nSPS) is 12.3. The molecular formula is C15H17N3O2. The van der Waals surface area contributed by atoms with Gasteiger partial charge in [0.1, 0.15) is 6.04 Å². The van der Waals surface area contributed by atoms with Crippen LogP contribution in [0, 0.1) is 5.92 Å². The van der Waals surface area contributed by atoms with Crippen molar-refractivity contribution in [2.75, 3.05) is 0 Å². The van der Waals surface area contributed by atoms with Crippen molar-refractivity contribution in [1.82, 2.24) is 10.3 Å². The number of rotatable bonds is 4. The van der Waals surface area contributed by atoms with Gasteiger partial charge < -0.3 is 11.1 Å². The molecule has 2 aromatic rings. The quantitative estimate of drug-likeness (QED) is 0.883. The lowest BCUT2D eigenvalue weighted by Crippen LogP contribution is -2.47. The number of hydrogen-bond donors (Lipinski definition) is 2. The lowest BCUT2D eigenvalue weighted by molar-refractivity contribution is -0.120. The van der Waals surface area contributed by atoms with E-state index < -0.39 is 11.9 Å². The number of nitrogens with two attached hydrogens (primary N) is 1. The van der Waals surface area contributed by atoms with Crippen LogP contribution in [0.3, 0.4) is 0 Å². The van der Waals surface area contributed by atoms with Crippen molar-refractivity contribution >= 4 is 22.7 Å². The summed E-state index contributed by atoms with van der Waals surface area (Å²) in [6.07, 6.45) is 1.50. The summed E-state index contributed by atoms with van der Waals surface area (Å²) < 4.78 is 0. The zero-order valence-corrected chi connectivity index (χ0v) is 11.5. The van der Waals surface area contributed by atoms with E-state index in [1.165, 1.54) is 6.20 Å². The van der Waals surface area contributed by atoms with E-state index in [-0.39, 0.29) is 11.8 Å². The first-order valence-corrected chi connectivity index (χ1v) is 6.44. The zero-order chi connectivity index (χ0) is 14.7. The van der Waals surface area contributed by atoms with Crippen LogP contribution in [0.25, 0.3) is 10.9 Å². The van der Waals surface area contributed by atoms with Gasteiger partial charge in [-0.25, -0.2) is 0 Å². The van der Waals surface area contributed by atoms with Crippen LogP contribution >= 0.6 is 0 Å². The molecule has 0 aliphatic carbocycles. The highest BCUT2D eigenvalue weighted by Crippen LogP contribution is 2.13.